The highest BCUT2D eigenvalue weighted by Gasteiger charge is 2.21. The van der Waals surface area contributed by atoms with Crippen LogP contribution in [0.5, 0.6) is 0 Å². The Hall–Kier alpha value is -1.04. The van der Waals surface area contributed by atoms with Crippen molar-refractivity contribution in [3.8, 4) is 0 Å². The molecular formula is C11H7ClF3NS. The number of thiophene rings is 1. The molecule has 1 unspecified atom stereocenters. The summed E-state index contributed by atoms with van der Waals surface area (Å²) in [5.41, 5.74) is 5.66. The number of hydrogen-bond acceptors (Lipinski definition) is 2. The van der Waals surface area contributed by atoms with Gasteiger partial charge in [-0.05, 0) is 17.5 Å². The summed E-state index contributed by atoms with van der Waals surface area (Å²) in [5.74, 6) is -4.04. The van der Waals surface area contributed by atoms with Crippen LogP contribution in [0.3, 0.4) is 0 Å². The number of rotatable bonds is 2. The minimum absolute atomic E-state index is 0.117. The minimum atomic E-state index is -1.52. The van der Waals surface area contributed by atoms with Crippen LogP contribution in [0.2, 0.25) is 5.02 Å². The lowest BCUT2D eigenvalue weighted by atomic mass is 10.1. The van der Waals surface area contributed by atoms with Crippen LogP contribution < -0.4 is 5.73 Å². The molecule has 0 aliphatic rings. The van der Waals surface area contributed by atoms with Crippen molar-refractivity contribution in [2.75, 3.05) is 0 Å². The highest BCUT2D eigenvalue weighted by molar-refractivity contribution is 7.10. The highest BCUT2D eigenvalue weighted by atomic mass is 35.5. The fourth-order valence-corrected chi connectivity index (χ4v) is 2.64. The van der Waals surface area contributed by atoms with Gasteiger partial charge in [0.1, 0.15) is 0 Å². The fraction of sp³-hybridized carbons (Fsp3) is 0.0909. The van der Waals surface area contributed by atoms with E-state index in [1.54, 1.807) is 11.4 Å². The summed E-state index contributed by atoms with van der Waals surface area (Å²) in [6.45, 7) is 0. The smallest absolute Gasteiger partial charge is 0.194 e. The SMILES string of the molecule is NC(c1ccc(F)c(F)c1F)c1sccc1Cl. The molecule has 17 heavy (non-hydrogen) atoms. The zero-order valence-corrected chi connectivity index (χ0v) is 9.96. The van der Waals surface area contributed by atoms with E-state index in [4.69, 9.17) is 17.3 Å². The van der Waals surface area contributed by atoms with Crippen LogP contribution >= 0.6 is 22.9 Å². The van der Waals surface area contributed by atoms with Crippen LogP contribution in [-0.4, -0.2) is 0 Å². The summed E-state index contributed by atoms with van der Waals surface area (Å²) in [6.07, 6.45) is 0. The van der Waals surface area contributed by atoms with Crippen molar-refractivity contribution in [1.29, 1.82) is 0 Å². The topological polar surface area (TPSA) is 26.0 Å². The summed E-state index contributed by atoms with van der Waals surface area (Å²) in [7, 11) is 0. The van der Waals surface area contributed by atoms with Crippen molar-refractivity contribution >= 4 is 22.9 Å². The minimum Gasteiger partial charge on any atom is -0.319 e. The Morgan fingerprint density at radius 3 is 2.41 bits per heavy atom. The second kappa shape index (κ2) is 4.68. The van der Waals surface area contributed by atoms with Gasteiger partial charge in [0.2, 0.25) is 0 Å². The molecule has 0 amide bonds. The molecule has 0 bridgehead atoms. The van der Waals surface area contributed by atoms with Crippen molar-refractivity contribution < 1.29 is 13.2 Å². The maximum atomic E-state index is 13.5. The van der Waals surface area contributed by atoms with E-state index >= 15 is 0 Å². The van der Waals surface area contributed by atoms with E-state index in [0.29, 0.717) is 9.90 Å². The molecule has 1 aromatic heterocycles. The van der Waals surface area contributed by atoms with Gasteiger partial charge < -0.3 is 5.73 Å². The first-order valence-electron chi connectivity index (χ1n) is 4.64. The van der Waals surface area contributed by atoms with E-state index in [2.05, 4.69) is 0 Å². The molecule has 0 fully saturated rings. The maximum Gasteiger partial charge on any atom is 0.194 e. The van der Waals surface area contributed by atoms with Gasteiger partial charge in [0.25, 0.3) is 0 Å². The van der Waals surface area contributed by atoms with Gasteiger partial charge in [0, 0.05) is 10.4 Å². The lowest BCUT2D eigenvalue weighted by Crippen LogP contribution is -2.14. The molecule has 2 N–H and O–H groups in total. The summed E-state index contributed by atoms with van der Waals surface area (Å²) in [5, 5.41) is 2.07. The first kappa shape index (κ1) is 12.4. The monoisotopic (exact) mass is 277 g/mol. The Kier molecular flexibility index (Phi) is 3.42. The van der Waals surface area contributed by atoms with Gasteiger partial charge in [0.05, 0.1) is 11.1 Å². The summed E-state index contributed by atoms with van der Waals surface area (Å²) < 4.78 is 39.3. The number of benzene rings is 1. The van der Waals surface area contributed by atoms with Gasteiger partial charge in [-0.15, -0.1) is 11.3 Å². The molecule has 0 aliphatic carbocycles. The number of halogens is 4. The van der Waals surface area contributed by atoms with E-state index in [-0.39, 0.29) is 5.56 Å². The molecule has 0 spiro atoms. The Bertz CT molecular complexity index is 556. The van der Waals surface area contributed by atoms with Crippen LogP contribution in [0.4, 0.5) is 13.2 Å². The molecule has 2 aromatic rings. The van der Waals surface area contributed by atoms with E-state index in [1.807, 2.05) is 0 Å². The Balaban J connectivity index is 2.48. The van der Waals surface area contributed by atoms with Crippen molar-refractivity contribution in [3.05, 3.63) is 56.5 Å². The van der Waals surface area contributed by atoms with Gasteiger partial charge in [-0.3, -0.25) is 0 Å². The van der Waals surface area contributed by atoms with Gasteiger partial charge in [-0.1, -0.05) is 17.7 Å². The van der Waals surface area contributed by atoms with Crippen LogP contribution in [0.25, 0.3) is 0 Å². The zero-order chi connectivity index (χ0) is 12.6. The molecular weight excluding hydrogens is 271 g/mol. The van der Waals surface area contributed by atoms with Crippen LogP contribution in [-0.2, 0) is 0 Å². The first-order valence-corrected chi connectivity index (χ1v) is 5.90. The molecule has 2 rings (SSSR count). The van der Waals surface area contributed by atoms with Crippen molar-refractivity contribution in [2.24, 2.45) is 5.73 Å². The summed E-state index contributed by atoms with van der Waals surface area (Å²) in [4.78, 5) is 0.511. The van der Waals surface area contributed by atoms with E-state index in [0.717, 1.165) is 12.1 Å². The van der Waals surface area contributed by atoms with Crippen LogP contribution in [0, 0.1) is 17.5 Å². The van der Waals surface area contributed by atoms with Crippen LogP contribution in [0.1, 0.15) is 16.5 Å². The average molecular weight is 278 g/mol. The number of hydrogen-bond donors (Lipinski definition) is 1. The Labute approximate surface area is 105 Å². The molecule has 0 saturated carbocycles. The average Bonchev–Trinajstić information content (AvgIpc) is 2.72. The predicted molar refractivity (Wildman–Crippen MR) is 61.7 cm³/mol. The standard InChI is InChI=1S/C11H7ClF3NS/c12-6-3-4-17-11(6)10(16)5-1-2-7(13)9(15)8(5)14/h1-4,10H,16H2. The normalized spacial score (nSPS) is 12.8. The Morgan fingerprint density at radius 1 is 1.12 bits per heavy atom. The molecule has 90 valence electrons. The Morgan fingerprint density at radius 2 is 1.82 bits per heavy atom. The first-order chi connectivity index (χ1) is 8.02. The molecule has 0 saturated heterocycles. The number of nitrogens with two attached hydrogens (primary N) is 1. The third-order valence-electron chi connectivity index (χ3n) is 2.33. The third kappa shape index (κ3) is 2.18. The van der Waals surface area contributed by atoms with Gasteiger partial charge in [-0.2, -0.15) is 0 Å². The lowest BCUT2D eigenvalue weighted by Gasteiger charge is -2.12. The van der Waals surface area contributed by atoms with Crippen LogP contribution in [0.15, 0.2) is 23.6 Å². The van der Waals surface area contributed by atoms with E-state index in [1.165, 1.54) is 11.3 Å². The molecule has 1 heterocycles. The second-order valence-corrected chi connectivity index (χ2v) is 4.73. The third-order valence-corrected chi connectivity index (χ3v) is 3.77. The molecule has 0 radical (unpaired) electrons. The van der Waals surface area contributed by atoms with Gasteiger partial charge in [0.15, 0.2) is 17.5 Å². The van der Waals surface area contributed by atoms with Crippen molar-refractivity contribution in [1.82, 2.24) is 0 Å². The molecule has 6 heteroatoms. The molecule has 1 aromatic carbocycles. The van der Waals surface area contributed by atoms with E-state index in [9.17, 15) is 13.2 Å². The highest BCUT2D eigenvalue weighted by Crippen LogP contribution is 2.33. The molecule has 1 nitrogen and oxygen atoms in total. The largest absolute Gasteiger partial charge is 0.319 e. The van der Waals surface area contributed by atoms with Crippen molar-refractivity contribution in [3.63, 3.8) is 0 Å². The van der Waals surface area contributed by atoms with Gasteiger partial charge in [-0.25, -0.2) is 13.2 Å². The quantitative estimate of drug-likeness (QED) is 0.829. The predicted octanol–water partition coefficient (Wildman–Crippen LogP) is 3.87. The summed E-state index contributed by atoms with van der Waals surface area (Å²) in [6, 6.07) is 2.67. The molecule has 1 atom stereocenters. The summed E-state index contributed by atoms with van der Waals surface area (Å²) >= 11 is 7.08. The van der Waals surface area contributed by atoms with Gasteiger partial charge >= 0.3 is 0 Å². The maximum absolute atomic E-state index is 13.5. The molecule has 0 aliphatic heterocycles. The fourth-order valence-electron chi connectivity index (χ4n) is 1.45. The van der Waals surface area contributed by atoms with E-state index < -0.39 is 23.5 Å². The van der Waals surface area contributed by atoms with Crippen molar-refractivity contribution in [2.45, 2.75) is 6.04 Å². The lowest BCUT2D eigenvalue weighted by molar-refractivity contribution is 0.439. The second-order valence-electron chi connectivity index (χ2n) is 3.38. The zero-order valence-electron chi connectivity index (χ0n) is 8.38.